The third-order valence-corrected chi connectivity index (χ3v) is 6.00. The van der Waals surface area contributed by atoms with E-state index in [-0.39, 0.29) is 11.5 Å². The maximum atomic E-state index is 12.9. The van der Waals surface area contributed by atoms with Crippen molar-refractivity contribution in [2.75, 3.05) is 24.7 Å². The molecule has 1 aromatic carbocycles. The number of nitrogens with zero attached hydrogens (tertiary/aromatic N) is 1. The lowest BCUT2D eigenvalue weighted by molar-refractivity contribution is -0.224. The van der Waals surface area contributed by atoms with Crippen molar-refractivity contribution in [3.63, 3.8) is 0 Å². The predicted molar refractivity (Wildman–Crippen MR) is 87.7 cm³/mol. The van der Waals surface area contributed by atoms with E-state index in [1.54, 1.807) is 0 Å². The number of hydrogen-bond donors (Lipinski definition) is 0. The molecule has 4 aliphatic rings. The summed E-state index contributed by atoms with van der Waals surface area (Å²) in [5, 5.41) is 0. The minimum atomic E-state index is -0.573. The summed E-state index contributed by atoms with van der Waals surface area (Å²) in [6.07, 6.45) is 5.14. The maximum absolute atomic E-state index is 12.9. The Morgan fingerprint density at radius 1 is 0.875 bits per heavy atom. The molecule has 2 heterocycles. The Morgan fingerprint density at radius 3 is 2.17 bits per heavy atom. The first-order valence-corrected chi connectivity index (χ1v) is 9.00. The fourth-order valence-corrected chi connectivity index (χ4v) is 4.47. The van der Waals surface area contributed by atoms with Crippen LogP contribution in [0, 0.1) is 0 Å². The molecule has 1 aromatic rings. The second-order valence-corrected chi connectivity index (χ2v) is 7.61. The Bertz CT molecular complexity index is 639. The quantitative estimate of drug-likeness (QED) is 0.795. The molecule has 2 saturated heterocycles. The smallest absolute Gasteiger partial charge is 0.259 e. The Hall–Kier alpha value is -1.43. The number of ether oxygens (including phenoxy) is 3. The summed E-state index contributed by atoms with van der Waals surface area (Å²) in [6, 6.07) is 9.98. The van der Waals surface area contributed by atoms with E-state index >= 15 is 0 Å². The van der Waals surface area contributed by atoms with Crippen molar-refractivity contribution >= 4 is 11.6 Å². The maximum Gasteiger partial charge on any atom is 0.259 e. The third kappa shape index (κ3) is 2.22. The first-order valence-electron chi connectivity index (χ1n) is 9.00. The summed E-state index contributed by atoms with van der Waals surface area (Å²) in [6.45, 7) is 2.01. The Labute approximate surface area is 141 Å². The second kappa shape index (κ2) is 5.04. The molecule has 0 unspecified atom stereocenters. The Balaban J connectivity index is 1.42. The highest BCUT2D eigenvalue weighted by Gasteiger charge is 2.63. The van der Waals surface area contributed by atoms with Gasteiger partial charge in [-0.1, -0.05) is 18.2 Å². The molecule has 0 radical (unpaired) electrons. The average molecular weight is 329 g/mol. The minimum Gasteiger partial charge on any atom is -0.357 e. The lowest BCUT2D eigenvalue weighted by Gasteiger charge is -2.50. The van der Waals surface area contributed by atoms with Crippen molar-refractivity contribution in [1.29, 1.82) is 0 Å². The molecular formula is C19H23NO4. The fourth-order valence-electron chi connectivity index (χ4n) is 4.47. The van der Waals surface area contributed by atoms with E-state index in [0.717, 1.165) is 44.2 Å². The van der Waals surface area contributed by atoms with Gasteiger partial charge in [0.05, 0.1) is 25.4 Å². The number of carbonyl (C=O) groups is 1. The molecule has 4 fully saturated rings. The van der Waals surface area contributed by atoms with E-state index in [9.17, 15) is 4.79 Å². The van der Waals surface area contributed by atoms with E-state index in [2.05, 4.69) is 0 Å². The highest BCUT2D eigenvalue weighted by molar-refractivity contribution is 6.02. The number of anilines is 1. The van der Waals surface area contributed by atoms with Crippen molar-refractivity contribution in [3.8, 4) is 0 Å². The van der Waals surface area contributed by atoms with Crippen LogP contribution in [0.1, 0.15) is 38.5 Å². The van der Waals surface area contributed by atoms with Gasteiger partial charge in [-0.2, -0.15) is 0 Å². The summed E-state index contributed by atoms with van der Waals surface area (Å²) < 4.78 is 18.2. The van der Waals surface area contributed by atoms with Crippen molar-refractivity contribution in [2.24, 2.45) is 0 Å². The zero-order chi connectivity index (χ0) is 16.3. The van der Waals surface area contributed by atoms with Crippen LogP contribution < -0.4 is 4.90 Å². The van der Waals surface area contributed by atoms with Gasteiger partial charge >= 0.3 is 0 Å². The van der Waals surface area contributed by atoms with Crippen molar-refractivity contribution in [3.05, 3.63) is 30.3 Å². The first kappa shape index (κ1) is 14.9. The van der Waals surface area contributed by atoms with Gasteiger partial charge in [-0.05, 0) is 37.8 Å². The van der Waals surface area contributed by atoms with Gasteiger partial charge in [-0.15, -0.1) is 0 Å². The van der Waals surface area contributed by atoms with Gasteiger partial charge in [-0.25, -0.2) is 0 Å². The second-order valence-electron chi connectivity index (χ2n) is 7.61. The third-order valence-electron chi connectivity index (χ3n) is 6.00. The van der Waals surface area contributed by atoms with Crippen LogP contribution in [0.4, 0.5) is 5.69 Å². The SMILES string of the molecule is O=C1N(c2ccccc2)CC2(CCC3(CC2)OCCO3)OC12CC2. The largest absolute Gasteiger partial charge is 0.357 e. The standard InChI is InChI=1S/C19H23NO4/c21-16-18(8-9-18)24-17(14-20(16)15-4-2-1-3-5-15)6-10-19(11-7-17)22-12-13-23-19/h1-5H,6-14H2. The highest BCUT2D eigenvalue weighted by Crippen LogP contribution is 2.53. The summed E-state index contributed by atoms with van der Waals surface area (Å²) >= 11 is 0. The highest BCUT2D eigenvalue weighted by atomic mass is 16.7. The predicted octanol–water partition coefficient (Wildman–Crippen LogP) is 2.64. The molecule has 1 amide bonds. The molecule has 2 saturated carbocycles. The normalized spacial score (nSPS) is 29.5. The zero-order valence-electron chi connectivity index (χ0n) is 13.8. The van der Waals surface area contributed by atoms with E-state index in [1.807, 2.05) is 35.2 Å². The molecule has 5 rings (SSSR count). The summed E-state index contributed by atoms with van der Waals surface area (Å²) in [5.41, 5.74) is 0.140. The lowest BCUT2D eigenvalue weighted by atomic mass is 9.79. The van der Waals surface area contributed by atoms with Crippen molar-refractivity contribution in [2.45, 2.75) is 55.5 Å². The number of hydrogen-bond acceptors (Lipinski definition) is 4. The molecule has 0 atom stereocenters. The summed E-state index contributed by atoms with van der Waals surface area (Å²) in [5.74, 6) is -0.266. The first-order chi connectivity index (χ1) is 11.6. The number of rotatable bonds is 1. The minimum absolute atomic E-state index is 0.132. The van der Waals surface area contributed by atoms with Gasteiger partial charge < -0.3 is 19.1 Å². The molecule has 128 valence electrons. The van der Waals surface area contributed by atoms with Crippen LogP contribution >= 0.6 is 0 Å². The Morgan fingerprint density at radius 2 is 1.54 bits per heavy atom. The van der Waals surface area contributed by atoms with Crippen LogP contribution in [0.5, 0.6) is 0 Å². The van der Waals surface area contributed by atoms with Crippen molar-refractivity contribution < 1.29 is 19.0 Å². The lowest BCUT2D eigenvalue weighted by Crippen LogP contribution is -2.62. The molecule has 5 nitrogen and oxygen atoms in total. The molecular weight excluding hydrogens is 306 g/mol. The molecule has 0 aromatic heterocycles. The van der Waals surface area contributed by atoms with E-state index in [4.69, 9.17) is 14.2 Å². The van der Waals surface area contributed by atoms with Gasteiger partial charge in [0.1, 0.15) is 5.60 Å². The van der Waals surface area contributed by atoms with Gasteiger partial charge in [0.25, 0.3) is 5.91 Å². The molecule has 24 heavy (non-hydrogen) atoms. The molecule has 3 spiro atoms. The molecule has 5 heteroatoms. The van der Waals surface area contributed by atoms with Gasteiger partial charge in [-0.3, -0.25) is 4.79 Å². The number of carbonyl (C=O) groups excluding carboxylic acids is 1. The number of amides is 1. The van der Waals surface area contributed by atoms with Crippen LogP contribution in [0.15, 0.2) is 30.3 Å². The molecule has 2 aliphatic heterocycles. The van der Waals surface area contributed by atoms with Gasteiger partial charge in [0, 0.05) is 18.5 Å². The molecule has 2 aliphatic carbocycles. The Kier molecular flexibility index (Phi) is 3.12. The van der Waals surface area contributed by atoms with E-state index in [1.165, 1.54) is 0 Å². The fraction of sp³-hybridized carbons (Fsp3) is 0.632. The summed E-state index contributed by atoms with van der Waals surface area (Å²) in [7, 11) is 0. The molecule has 0 bridgehead atoms. The summed E-state index contributed by atoms with van der Waals surface area (Å²) in [4.78, 5) is 14.9. The zero-order valence-corrected chi connectivity index (χ0v) is 13.8. The van der Waals surface area contributed by atoms with E-state index in [0.29, 0.717) is 19.8 Å². The topological polar surface area (TPSA) is 48.0 Å². The number of para-hydroxylation sites is 1. The van der Waals surface area contributed by atoms with Crippen molar-refractivity contribution in [1.82, 2.24) is 0 Å². The van der Waals surface area contributed by atoms with Crippen LogP contribution in [0.2, 0.25) is 0 Å². The number of morpholine rings is 1. The van der Waals surface area contributed by atoms with Crippen LogP contribution in [-0.4, -0.2) is 42.7 Å². The van der Waals surface area contributed by atoms with E-state index < -0.39 is 11.4 Å². The van der Waals surface area contributed by atoms with Crippen LogP contribution in [-0.2, 0) is 19.0 Å². The van der Waals surface area contributed by atoms with Crippen LogP contribution in [0.25, 0.3) is 0 Å². The van der Waals surface area contributed by atoms with Gasteiger partial charge in [0.2, 0.25) is 0 Å². The van der Waals surface area contributed by atoms with Gasteiger partial charge in [0.15, 0.2) is 5.79 Å². The number of benzene rings is 1. The monoisotopic (exact) mass is 329 g/mol. The molecule has 0 N–H and O–H groups in total. The van der Waals surface area contributed by atoms with Crippen LogP contribution in [0.3, 0.4) is 0 Å². The average Bonchev–Trinajstić information content (AvgIpc) is 3.24.